The van der Waals surface area contributed by atoms with Gasteiger partial charge in [-0.2, -0.15) is 0 Å². The normalized spacial score (nSPS) is 10.2. The number of nitrogen functional groups attached to an aromatic ring is 1. The second-order valence-corrected chi connectivity index (χ2v) is 4.55. The molecule has 2 N–H and O–H groups in total. The molecule has 0 saturated heterocycles. The van der Waals surface area contributed by atoms with Gasteiger partial charge in [0, 0.05) is 22.7 Å². The van der Waals surface area contributed by atoms with E-state index < -0.39 is 0 Å². The van der Waals surface area contributed by atoms with Crippen LogP contribution in [0.25, 0.3) is 11.0 Å². The summed E-state index contributed by atoms with van der Waals surface area (Å²) in [7, 11) is 0. The summed E-state index contributed by atoms with van der Waals surface area (Å²) in [4.78, 5) is 0. The fraction of sp³-hybridized carbons (Fsp3) is 0. The van der Waals surface area contributed by atoms with Gasteiger partial charge in [0.15, 0.2) is 11.3 Å². The van der Waals surface area contributed by atoms with E-state index in [9.17, 15) is 0 Å². The summed E-state index contributed by atoms with van der Waals surface area (Å²) in [5, 5.41) is 1.54. The van der Waals surface area contributed by atoms with Gasteiger partial charge in [-0.25, -0.2) is 0 Å². The van der Waals surface area contributed by atoms with Crippen LogP contribution >= 0.6 is 11.6 Å². The standard InChI is InChI=1S/C16H10ClNO/c17-15-6-2-4-12-10-14(19-16(12)15)8-7-11-3-1-5-13(18)9-11/h1-6,9-10H,18H2. The highest BCUT2D eigenvalue weighted by atomic mass is 35.5. The van der Waals surface area contributed by atoms with E-state index in [-0.39, 0.29) is 0 Å². The molecule has 3 rings (SSSR count). The number of nitrogens with two attached hydrogens (primary N) is 1. The predicted molar refractivity (Wildman–Crippen MR) is 78.1 cm³/mol. The summed E-state index contributed by atoms with van der Waals surface area (Å²) >= 11 is 6.05. The molecule has 1 aromatic heterocycles. The van der Waals surface area contributed by atoms with Crippen molar-refractivity contribution >= 4 is 28.3 Å². The lowest BCUT2D eigenvalue weighted by Gasteiger charge is -1.91. The molecule has 0 unspecified atom stereocenters. The van der Waals surface area contributed by atoms with Gasteiger partial charge in [-0.15, -0.1) is 0 Å². The predicted octanol–water partition coefficient (Wildman–Crippen LogP) is 4.07. The first-order chi connectivity index (χ1) is 9.22. The van der Waals surface area contributed by atoms with E-state index in [0.29, 0.717) is 22.1 Å². The molecule has 0 atom stereocenters. The van der Waals surface area contributed by atoms with Crippen LogP contribution in [0.4, 0.5) is 5.69 Å². The minimum Gasteiger partial charge on any atom is -0.446 e. The van der Waals surface area contributed by atoms with Gasteiger partial charge < -0.3 is 10.2 Å². The molecule has 3 heteroatoms. The van der Waals surface area contributed by atoms with E-state index in [1.807, 2.05) is 42.5 Å². The molecule has 92 valence electrons. The van der Waals surface area contributed by atoms with E-state index in [1.54, 1.807) is 6.07 Å². The summed E-state index contributed by atoms with van der Waals surface area (Å²) in [5.74, 6) is 6.58. The Balaban J connectivity index is 2.01. The molecule has 0 spiro atoms. The van der Waals surface area contributed by atoms with Crippen molar-refractivity contribution in [2.45, 2.75) is 0 Å². The number of furan rings is 1. The molecule has 0 amide bonds. The first-order valence-corrected chi connectivity index (χ1v) is 6.16. The van der Waals surface area contributed by atoms with E-state index in [4.69, 9.17) is 21.8 Å². The number of anilines is 1. The topological polar surface area (TPSA) is 39.2 Å². The van der Waals surface area contributed by atoms with Gasteiger partial charge in [0.05, 0.1) is 5.02 Å². The molecular weight excluding hydrogens is 258 g/mol. The maximum Gasteiger partial charge on any atom is 0.178 e. The van der Waals surface area contributed by atoms with Crippen LogP contribution in [-0.2, 0) is 0 Å². The zero-order valence-corrected chi connectivity index (χ0v) is 10.7. The fourth-order valence-electron chi connectivity index (χ4n) is 1.84. The van der Waals surface area contributed by atoms with Gasteiger partial charge in [-0.3, -0.25) is 0 Å². The summed E-state index contributed by atoms with van der Waals surface area (Å²) < 4.78 is 5.61. The van der Waals surface area contributed by atoms with Gasteiger partial charge in [0.1, 0.15) is 0 Å². The van der Waals surface area contributed by atoms with Crippen molar-refractivity contribution in [3.63, 3.8) is 0 Å². The minimum atomic E-state index is 0.588. The van der Waals surface area contributed by atoms with Crippen LogP contribution in [0.15, 0.2) is 52.9 Å². The summed E-state index contributed by atoms with van der Waals surface area (Å²) in [6.45, 7) is 0. The molecule has 1 heterocycles. The summed E-state index contributed by atoms with van der Waals surface area (Å²) in [6, 6.07) is 14.9. The van der Waals surface area contributed by atoms with Gasteiger partial charge in [-0.05, 0) is 30.2 Å². The Morgan fingerprint density at radius 2 is 1.84 bits per heavy atom. The Bertz CT molecular complexity index is 808. The first kappa shape index (κ1) is 11.7. The molecule has 0 aliphatic heterocycles. The van der Waals surface area contributed by atoms with E-state index in [0.717, 1.165) is 10.9 Å². The largest absolute Gasteiger partial charge is 0.446 e. The van der Waals surface area contributed by atoms with Crippen LogP contribution in [0.5, 0.6) is 0 Å². The van der Waals surface area contributed by atoms with Crippen molar-refractivity contribution in [1.29, 1.82) is 0 Å². The fourth-order valence-corrected chi connectivity index (χ4v) is 2.06. The number of fused-ring (bicyclic) bond motifs is 1. The molecule has 19 heavy (non-hydrogen) atoms. The zero-order valence-electron chi connectivity index (χ0n) is 9.98. The average Bonchev–Trinajstić information content (AvgIpc) is 2.81. The summed E-state index contributed by atoms with van der Waals surface area (Å²) in [6.07, 6.45) is 0. The molecule has 0 fully saturated rings. The Morgan fingerprint density at radius 3 is 2.63 bits per heavy atom. The van der Waals surface area contributed by atoms with Gasteiger partial charge >= 0.3 is 0 Å². The average molecular weight is 268 g/mol. The third-order valence-corrected chi connectivity index (χ3v) is 3.01. The highest BCUT2D eigenvalue weighted by Crippen LogP contribution is 2.26. The molecular formula is C16H10ClNO. The van der Waals surface area contributed by atoms with E-state index >= 15 is 0 Å². The van der Waals surface area contributed by atoms with Crippen molar-refractivity contribution in [1.82, 2.24) is 0 Å². The van der Waals surface area contributed by atoms with Crippen LogP contribution in [0.3, 0.4) is 0 Å². The zero-order chi connectivity index (χ0) is 13.2. The van der Waals surface area contributed by atoms with Crippen molar-refractivity contribution in [2.75, 3.05) is 5.73 Å². The molecule has 2 aromatic carbocycles. The third kappa shape index (κ3) is 2.42. The van der Waals surface area contributed by atoms with Crippen molar-refractivity contribution in [3.05, 3.63) is 64.9 Å². The smallest absolute Gasteiger partial charge is 0.178 e. The second-order valence-electron chi connectivity index (χ2n) is 4.14. The lowest BCUT2D eigenvalue weighted by Crippen LogP contribution is -1.84. The molecule has 0 aliphatic carbocycles. The van der Waals surface area contributed by atoms with Crippen LogP contribution in [0.1, 0.15) is 11.3 Å². The molecule has 0 bridgehead atoms. The molecule has 2 nitrogen and oxygen atoms in total. The number of hydrogen-bond acceptors (Lipinski definition) is 2. The number of rotatable bonds is 0. The Labute approximate surface area is 115 Å². The van der Waals surface area contributed by atoms with Crippen molar-refractivity contribution in [3.8, 4) is 11.8 Å². The molecule has 0 aliphatic rings. The third-order valence-electron chi connectivity index (χ3n) is 2.71. The highest BCUT2D eigenvalue weighted by molar-refractivity contribution is 6.34. The molecule has 0 saturated carbocycles. The Morgan fingerprint density at radius 1 is 1.00 bits per heavy atom. The van der Waals surface area contributed by atoms with E-state index in [2.05, 4.69) is 11.8 Å². The molecule has 3 aromatic rings. The minimum absolute atomic E-state index is 0.588. The number of halogens is 1. The number of hydrogen-bond donors (Lipinski definition) is 1. The lowest BCUT2D eigenvalue weighted by atomic mass is 10.2. The van der Waals surface area contributed by atoms with Gasteiger partial charge in [0.25, 0.3) is 0 Å². The van der Waals surface area contributed by atoms with Crippen LogP contribution in [-0.4, -0.2) is 0 Å². The maximum absolute atomic E-state index is 6.05. The van der Waals surface area contributed by atoms with Gasteiger partial charge in [0.2, 0.25) is 0 Å². The Kier molecular flexibility index (Phi) is 2.91. The van der Waals surface area contributed by atoms with E-state index in [1.165, 1.54) is 0 Å². The first-order valence-electron chi connectivity index (χ1n) is 5.78. The number of para-hydroxylation sites is 1. The summed E-state index contributed by atoms with van der Waals surface area (Å²) in [5.41, 5.74) is 7.91. The van der Waals surface area contributed by atoms with Crippen LogP contribution in [0, 0.1) is 11.8 Å². The lowest BCUT2D eigenvalue weighted by molar-refractivity contribution is 0.601. The second kappa shape index (κ2) is 4.72. The van der Waals surface area contributed by atoms with Crippen LogP contribution < -0.4 is 5.73 Å². The molecule has 0 radical (unpaired) electrons. The highest BCUT2D eigenvalue weighted by Gasteiger charge is 2.04. The number of benzene rings is 2. The SMILES string of the molecule is Nc1cccc(C#Cc2cc3cccc(Cl)c3o2)c1. The van der Waals surface area contributed by atoms with Gasteiger partial charge in [-0.1, -0.05) is 35.7 Å². The maximum atomic E-state index is 6.05. The van der Waals surface area contributed by atoms with Crippen molar-refractivity contribution < 1.29 is 4.42 Å². The Hall–Kier alpha value is -2.37. The van der Waals surface area contributed by atoms with Crippen LogP contribution in [0.2, 0.25) is 5.02 Å². The van der Waals surface area contributed by atoms with Crippen molar-refractivity contribution in [2.24, 2.45) is 0 Å². The quantitative estimate of drug-likeness (QED) is 0.493. The monoisotopic (exact) mass is 267 g/mol.